The summed E-state index contributed by atoms with van der Waals surface area (Å²) in [5.74, 6) is 0. The van der Waals surface area contributed by atoms with Gasteiger partial charge < -0.3 is 9.64 Å². The summed E-state index contributed by atoms with van der Waals surface area (Å²) >= 11 is 0. The van der Waals surface area contributed by atoms with Crippen molar-refractivity contribution in [2.75, 3.05) is 19.6 Å². The lowest BCUT2D eigenvalue weighted by Crippen LogP contribution is -2.42. The van der Waals surface area contributed by atoms with E-state index in [1.807, 2.05) is 0 Å². The second kappa shape index (κ2) is 6.49. The highest BCUT2D eigenvalue weighted by Gasteiger charge is 2.27. The van der Waals surface area contributed by atoms with Gasteiger partial charge in [-0.3, -0.25) is 0 Å². The number of likely N-dealkylation sites (N-methyl/N-ethyl adjacent to an activating group) is 1. The summed E-state index contributed by atoms with van der Waals surface area (Å²) in [4.78, 5) is 2.43. The first-order chi connectivity index (χ1) is 6.81. The molecule has 0 spiro atoms. The van der Waals surface area contributed by atoms with Gasteiger partial charge in [0.1, 0.15) is 0 Å². The van der Waals surface area contributed by atoms with Crippen molar-refractivity contribution in [3.8, 4) is 0 Å². The van der Waals surface area contributed by atoms with Crippen LogP contribution in [-0.2, 0) is 4.74 Å². The van der Waals surface area contributed by atoms with Crippen molar-refractivity contribution in [3.63, 3.8) is 0 Å². The fourth-order valence-electron chi connectivity index (χ4n) is 1.57. The molecule has 0 heterocycles. The van der Waals surface area contributed by atoms with Crippen LogP contribution in [0.25, 0.3) is 0 Å². The highest BCUT2D eigenvalue weighted by molar-refractivity contribution is 4.78. The minimum Gasteiger partial charge on any atom is -0.374 e. The molecule has 0 aliphatic rings. The van der Waals surface area contributed by atoms with Crippen molar-refractivity contribution in [2.45, 2.75) is 60.7 Å². The molecule has 0 aromatic heterocycles. The SMILES string of the molecule is CCN(CC)CC(OC(C)C)C(C)(C)C. The summed E-state index contributed by atoms with van der Waals surface area (Å²) in [6.45, 7) is 18.6. The van der Waals surface area contributed by atoms with E-state index < -0.39 is 0 Å². The Morgan fingerprint density at radius 1 is 1.07 bits per heavy atom. The standard InChI is InChI=1S/C13H29NO/c1-8-14(9-2)10-12(13(5,6)7)15-11(3)4/h11-12H,8-10H2,1-7H3. The van der Waals surface area contributed by atoms with Crippen LogP contribution < -0.4 is 0 Å². The van der Waals surface area contributed by atoms with Crippen LogP contribution in [0.15, 0.2) is 0 Å². The molecule has 0 rings (SSSR count). The van der Waals surface area contributed by atoms with Gasteiger partial charge in [0.2, 0.25) is 0 Å². The van der Waals surface area contributed by atoms with E-state index in [9.17, 15) is 0 Å². The van der Waals surface area contributed by atoms with Gasteiger partial charge in [0, 0.05) is 6.54 Å². The summed E-state index contributed by atoms with van der Waals surface area (Å²) in [6.07, 6.45) is 0.627. The zero-order chi connectivity index (χ0) is 12.1. The van der Waals surface area contributed by atoms with Gasteiger partial charge in [-0.1, -0.05) is 34.6 Å². The predicted octanol–water partition coefficient (Wildman–Crippen LogP) is 3.17. The first kappa shape index (κ1) is 14.9. The van der Waals surface area contributed by atoms with Crippen LogP contribution in [0, 0.1) is 5.41 Å². The van der Waals surface area contributed by atoms with Crippen molar-refractivity contribution in [1.29, 1.82) is 0 Å². The molecule has 0 aromatic carbocycles. The Hall–Kier alpha value is -0.0800. The van der Waals surface area contributed by atoms with Gasteiger partial charge >= 0.3 is 0 Å². The van der Waals surface area contributed by atoms with Crippen LogP contribution >= 0.6 is 0 Å². The molecule has 2 nitrogen and oxygen atoms in total. The Bertz CT molecular complexity index is 156. The van der Waals surface area contributed by atoms with E-state index in [1.54, 1.807) is 0 Å². The van der Waals surface area contributed by atoms with Crippen LogP contribution in [0.4, 0.5) is 0 Å². The third-order valence-corrected chi connectivity index (χ3v) is 2.72. The van der Waals surface area contributed by atoms with Crippen LogP contribution in [0.1, 0.15) is 48.5 Å². The molecule has 0 N–H and O–H groups in total. The fourth-order valence-corrected chi connectivity index (χ4v) is 1.57. The average molecular weight is 215 g/mol. The first-order valence-corrected chi connectivity index (χ1v) is 6.19. The Balaban J connectivity index is 4.37. The fraction of sp³-hybridized carbons (Fsp3) is 1.00. The average Bonchev–Trinajstić information content (AvgIpc) is 2.09. The molecule has 0 radical (unpaired) electrons. The third-order valence-electron chi connectivity index (χ3n) is 2.72. The lowest BCUT2D eigenvalue weighted by Gasteiger charge is -2.35. The van der Waals surface area contributed by atoms with Crippen LogP contribution in [0.3, 0.4) is 0 Å². The summed E-state index contributed by atoms with van der Waals surface area (Å²) < 4.78 is 6.01. The van der Waals surface area contributed by atoms with E-state index in [1.165, 1.54) is 0 Å². The normalized spacial score (nSPS) is 15.0. The van der Waals surface area contributed by atoms with Gasteiger partial charge in [-0.15, -0.1) is 0 Å². The van der Waals surface area contributed by atoms with Gasteiger partial charge in [-0.2, -0.15) is 0 Å². The summed E-state index contributed by atoms with van der Waals surface area (Å²) in [5, 5.41) is 0. The van der Waals surface area contributed by atoms with Gasteiger partial charge in [-0.05, 0) is 32.4 Å². The quantitative estimate of drug-likeness (QED) is 0.675. The summed E-state index contributed by atoms with van der Waals surface area (Å²) in [5.41, 5.74) is 0.215. The number of hydrogen-bond donors (Lipinski definition) is 0. The van der Waals surface area contributed by atoms with E-state index in [-0.39, 0.29) is 5.41 Å². The Morgan fingerprint density at radius 2 is 1.53 bits per heavy atom. The molecule has 0 aliphatic heterocycles. The maximum atomic E-state index is 6.01. The van der Waals surface area contributed by atoms with Crippen molar-refractivity contribution in [3.05, 3.63) is 0 Å². The number of ether oxygens (including phenoxy) is 1. The predicted molar refractivity (Wildman–Crippen MR) is 67.3 cm³/mol. The van der Waals surface area contributed by atoms with Gasteiger partial charge in [0.25, 0.3) is 0 Å². The molecule has 15 heavy (non-hydrogen) atoms. The second-order valence-electron chi connectivity index (χ2n) is 5.53. The van der Waals surface area contributed by atoms with E-state index in [2.05, 4.69) is 53.4 Å². The number of rotatable bonds is 6. The van der Waals surface area contributed by atoms with E-state index in [4.69, 9.17) is 4.74 Å². The van der Waals surface area contributed by atoms with Gasteiger partial charge in [0.15, 0.2) is 0 Å². The van der Waals surface area contributed by atoms with Crippen LogP contribution in [0.5, 0.6) is 0 Å². The molecule has 0 fully saturated rings. The number of nitrogens with zero attached hydrogens (tertiary/aromatic N) is 1. The molecule has 0 aromatic rings. The molecule has 0 amide bonds. The van der Waals surface area contributed by atoms with Crippen LogP contribution in [0.2, 0.25) is 0 Å². The molecule has 0 saturated heterocycles. The molecular formula is C13H29NO. The highest BCUT2D eigenvalue weighted by Crippen LogP contribution is 2.24. The molecule has 92 valence electrons. The second-order valence-corrected chi connectivity index (χ2v) is 5.53. The minimum absolute atomic E-state index is 0.215. The molecule has 0 saturated carbocycles. The molecular weight excluding hydrogens is 186 g/mol. The Kier molecular flexibility index (Phi) is 6.46. The highest BCUT2D eigenvalue weighted by atomic mass is 16.5. The Labute approximate surface area is 96.0 Å². The zero-order valence-corrected chi connectivity index (χ0v) is 11.6. The maximum Gasteiger partial charge on any atom is 0.0753 e. The van der Waals surface area contributed by atoms with Crippen LogP contribution in [-0.4, -0.2) is 36.7 Å². The molecule has 0 bridgehead atoms. The topological polar surface area (TPSA) is 12.5 Å². The molecule has 0 aliphatic carbocycles. The van der Waals surface area contributed by atoms with E-state index >= 15 is 0 Å². The maximum absolute atomic E-state index is 6.01. The smallest absolute Gasteiger partial charge is 0.0753 e. The number of hydrogen-bond acceptors (Lipinski definition) is 2. The van der Waals surface area contributed by atoms with Gasteiger partial charge in [-0.25, -0.2) is 0 Å². The third kappa shape index (κ3) is 6.16. The monoisotopic (exact) mass is 215 g/mol. The summed E-state index contributed by atoms with van der Waals surface area (Å²) in [7, 11) is 0. The lowest BCUT2D eigenvalue weighted by molar-refractivity contribution is -0.0663. The summed E-state index contributed by atoms with van der Waals surface area (Å²) in [6, 6.07) is 0. The van der Waals surface area contributed by atoms with E-state index in [0.717, 1.165) is 19.6 Å². The van der Waals surface area contributed by atoms with Crippen molar-refractivity contribution < 1.29 is 4.74 Å². The van der Waals surface area contributed by atoms with Crippen molar-refractivity contribution in [1.82, 2.24) is 4.90 Å². The van der Waals surface area contributed by atoms with Gasteiger partial charge in [0.05, 0.1) is 12.2 Å². The largest absolute Gasteiger partial charge is 0.374 e. The first-order valence-electron chi connectivity index (χ1n) is 6.19. The Morgan fingerprint density at radius 3 is 1.80 bits per heavy atom. The molecule has 1 unspecified atom stereocenters. The van der Waals surface area contributed by atoms with Crippen molar-refractivity contribution >= 4 is 0 Å². The zero-order valence-electron chi connectivity index (χ0n) is 11.6. The lowest BCUT2D eigenvalue weighted by atomic mass is 9.88. The van der Waals surface area contributed by atoms with E-state index in [0.29, 0.717) is 12.2 Å². The molecule has 2 heteroatoms. The molecule has 1 atom stereocenters. The van der Waals surface area contributed by atoms with Crippen molar-refractivity contribution in [2.24, 2.45) is 5.41 Å². The minimum atomic E-state index is 0.215.